The molecule has 0 aliphatic carbocycles. The molecule has 3 rings (SSSR count). The third-order valence-corrected chi connectivity index (χ3v) is 3.56. The Balaban J connectivity index is 1.85. The van der Waals surface area contributed by atoms with Crippen molar-refractivity contribution < 1.29 is 9.13 Å². The maximum absolute atomic E-state index is 13.1. The predicted molar refractivity (Wildman–Crippen MR) is 71.2 cm³/mol. The summed E-state index contributed by atoms with van der Waals surface area (Å²) in [5.74, 6) is 0.705. The van der Waals surface area contributed by atoms with Crippen LogP contribution in [-0.4, -0.2) is 33.4 Å². The lowest BCUT2D eigenvalue weighted by Crippen LogP contribution is -2.21. The number of nitrogens with two attached hydrogens (primary N) is 1. The van der Waals surface area contributed by atoms with Gasteiger partial charge in [-0.3, -0.25) is 0 Å². The average molecular weight is 277 g/mol. The Bertz CT molecular complexity index is 594. The van der Waals surface area contributed by atoms with E-state index in [0.29, 0.717) is 23.0 Å². The van der Waals surface area contributed by atoms with Crippen LogP contribution in [0.4, 0.5) is 10.1 Å². The van der Waals surface area contributed by atoms with E-state index in [1.54, 1.807) is 10.7 Å². The van der Waals surface area contributed by atoms with Gasteiger partial charge in [0.2, 0.25) is 0 Å². The molecule has 6 nitrogen and oxygen atoms in total. The highest BCUT2D eigenvalue weighted by Gasteiger charge is 2.19. The second kappa shape index (κ2) is 5.54. The van der Waals surface area contributed by atoms with Gasteiger partial charge in [-0.2, -0.15) is 0 Å². The number of rotatable bonds is 3. The number of aromatic nitrogens is 4. The van der Waals surface area contributed by atoms with E-state index in [9.17, 15) is 4.39 Å². The number of hydrogen-bond donors (Lipinski definition) is 1. The van der Waals surface area contributed by atoms with Crippen LogP contribution >= 0.6 is 0 Å². The highest BCUT2D eigenvalue weighted by Crippen LogP contribution is 2.25. The molecule has 7 heteroatoms. The molecule has 0 radical (unpaired) electrons. The summed E-state index contributed by atoms with van der Waals surface area (Å²) in [6.07, 6.45) is 2.00. The topological polar surface area (TPSA) is 78.9 Å². The summed E-state index contributed by atoms with van der Waals surface area (Å²) in [5, 5.41) is 11.7. The van der Waals surface area contributed by atoms with Gasteiger partial charge in [-0.15, -0.1) is 5.10 Å². The molecule has 1 aliphatic rings. The van der Waals surface area contributed by atoms with Gasteiger partial charge < -0.3 is 10.5 Å². The van der Waals surface area contributed by atoms with Gasteiger partial charge in [0.1, 0.15) is 5.82 Å². The van der Waals surface area contributed by atoms with E-state index in [1.807, 2.05) is 0 Å². The van der Waals surface area contributed by atoms with Crippen molar-refractivity contribution in [3.63, 3.8) is 0 Å². The summed E-state index contributed by atoms with van der Waals surface area (Å²) in [4.78, 5) is 0. The molecule has 2 heterocycles. The van der Waals surface area contributed by atoms with E-state index >= 15 is 0 Å². The zero-order valence-electron chi connectivity index (χ0n) is 11.0. The van der Waals surface area contributed by atoms with Crippen molar-refractivity contribution >= 4 is 5.69 Å². The van der Waals surface area contributed by atoms with Crippen LogP contribution in [0.25, 0.3) is 11.4 Å². The van der Waals surface area contributed by atoms with Gasteiger partial charge in [0.05, 0.1) is 0 Å². The van der Waals surface area contributed by atoms with E-state index in [0.717, 1.165) is 32.6 Å². The van der Waals surface area contributed by atoms with Gasteiger partial charge in [-0.1, -0.05) is 0 Å². The second-order valence-corrected chi connectivity index (χ2v) is 4.97. The standard InChI is InChI=1S/C13H16FN5O/c14-10-1-2-11(12(15)7-10)13-16-17-18-19(13)8-9-3-5-20-6-4-9/h1-2,7,9H,3-6,8,15H2. The third kappa shape index (κ3) is 2.62. The fourth-order valence-corrected chi connectivity index (χ4v) is 2.43. The molecule has 1 fully saturated rings. The number of nitrogen functional groups attached to an aromatic ring is 1. The monoisotopic (exact) mass is 277 g/mol. The van der Waals surface area contributed by atoms with Crippen LogP contribution in [0.1, 0.15) is 12.8 Å². The van der Waals surface area contributed by atoms with E-state index < -0.39 is 0 Å². The van der Waals surface area contributed by atoms with Crippen molar-refractivity contribution in [3.8, 4) is 11.4 Å². The Labute approximate surface area is 115 Å². The predicted octanol–water partition coefficient (Wildman–Crippen LogP) is 1.49. The number of anilines is 1. The minimum Gasteiger partial charge on any atom is -0.398 e. The summed E-state index contributed by atoms with van der Waals surface area (Å²) in [6, 6.07) is 4.25. The number of halogens is 1. The highest BCUT2D eigenvalue weighted by atomic mass is 19.1. The molecule has 0 spiro atoms. The molecule has 1 aromatic carbocycles. The number of ether oxygens (including phenoxy) is 1. The van der Waals surface area contributed by atoms with E-state index in [4.69, 9.17) is 10.5 Å². The van der Waals surface area contributed by atoms with Crippen molar-refractivity contribution in [2.45, 2.75) is 19.4 Å². The van der Waals surface area contributed by atoms with Crippen LogP contribution in [0.15, 0.2) is 18.2 Å². The van der Waals surface area contributed by atoms with Crippen molar-refractivity contribution in [2.24, 2.45) is 5.92 Å². The van der Waals surface area contributed by atoms with Gasteiger partial charge in [-0.25, -0.2) is 9.07 Å². The largest absolute Gasteiger partial charge is 0.398 e. The van der Waals surface area contributed by atoms with Gasteiger partial charge in [0.15, 0.2) is 5.82 Å². The molecule has 1 aromatic heterocycles. The fourth-order valence-electron chi connectivity index (χ4n) is 2.43. The molecule has 2 N–H and O–H groups in total. The second-order valence-electron chi connectivity index (χ2n) is 4.97. The number of hydrogen-bond acceptors (Lipinski definition) is 5. The molecule has 20 heavy (non-hydrogen) atoms. The van der Waals surface area contributed by atoms with Crippen LogP contribution in [0, 0.1) is 11.7 Å². The Hall–Kier alpha value is -2.02. The van der Waals surface area contributed by atoms with Gasteiger partial charge in [0.25, 0.3) is 0 Å². The SMILES string of the molecule is Nc1cc(F)ccc1-c1nnnn1CC1CCOCC1. The molecule has 0 unspecified atom stereocenters. The summed E-state index contributed by atoms with van der Waals surface area (Å²) < 4.78 is 20.2. The summed E-state index contributed by atoms with van der Waals surface area (Å²) in [5.41, 5.74) is 6.84. The lowest BCUT2D eigenvalue weighted by Gasteiger charge is -2.22. The smallest absolute Gasteiger partial charge is 0.184 e. The van der Waals surface area contributed by atoms with Gasteiger partial charge in [0, 0.05) is 31.0 Å². The number of tetrazole rings is 1. The molecule has 0 atom stereocenters. The summed E-state index contributed by atoms with van der Waals surface area (Å²) >= 11 is 0. The molecule has 106 valence electrons. The lowest BCUT2D eigenvalue weighted by atomic mass is 10.0. The van der Waals surface area contributed by atoms with Crippen LogP contribution in [0.3, 0.4) is 0 Å². The molecule has 2 aromatic rings. The Morgan fingerprint density at radius 2 is 2.15 bits per heavy atom. The van der Waals surface area contributed by atoms with E-state index in [2.05, 4.69) is 15.5 Å². The molecule has 0 saturated carbocycles. The zero-order chi connectivity index (χ0) is 13.9. The van der Waals surface area contributed by atoms with Gasteiger partial charge in [-0.05, 0) is 47.4 Å². The first-order chi connectivity index (χ1) is 9.74. The van der Waals surface area contributed by atoms with Crippen molar-refractivity contribution in [3.05, 3.63) is 24.0 Å². The maximum Gasteiger partial charge on any atom is 0.184 e. The Morgan fingerprint density at radius 1 is 1.35 bits per heavy atom. The molecule has 0 amide bonds. The van der Waals surface area contributed by atoms with E-state index in [-0.39, 0.29) is 5.82 Å². The molecular formula is C13H16FN5O. The molecule has 1 aliphatic heterocycles. The Kier molecular flexibility index (Phi) is 3.60. The number of benzene rings is 1. The van der Waals surface area contributed by atoms with E-state index in [1.165, 1.54) is 12.1 Å². The van der Waals surface area contributed by atoms with Crippen LogP contribution in [0.5, 0.6) is 0 Å². The molecular weight excluding hydrogens is 261 g/mol. The van der Waals surface area contributed by atoms with Crippen molar-refractivity contribution in [1.29, 1.82) is 0 Å². The maximum atomic E-state index is 13.1. The first-order valence-electron chi connectivity index (χ1n) is 6.63. The lowest BCUT2D eigenvalue weighted by molar-refractivity contribution is 0.0601. The zero-order valence-corrected chi connectivity index (χ0v) is 11.0. The van der Waals surface area contributed by atoms with Crippen LogP contribution in [0.2, 0.25) is 0 Å². The Morgan fingerprint density at radius 3 is 2.90 bits per heavy atom. The summed E-state index contributed by atoms with van der Waals surface area (Å²) in [6.45, 7) is 2.28. The minimum absolute atomic E-state index is 0.341. The highest BCUT2D eigenvalue weighted by molar-refractivity contribution is 5.71. The minimum atomic E-state index is -0.366. The molecule has 0 bridgehead atoms. The average Bonchev–Trinajstić information content (AvgIpc) is 2.88. The normalized spacial score (nSPS) is 16.4. The fraction of sp³-hybridized carbons (Fsp3) is 0.462. The quantitative estimate of drug-likeness (QED) is 0.860. The third-order valence-electron chi connectivity index (χ3n) is 3.56. The number of nitrogens with zero attached hydrogens (tertiary/aromatic N) is 4. The van der Waals surface area contributed by atoms with Crippen molar-refractivity contribution in [1.82, 2.24) is 20.2 Å². The molecule has 1 saturated heterocycles. The van der Waals surface area contributed by atoms with Gasteiger partial charge >= 0.3 is 0 Å². The van der Waals surface area contributed by atoms with Crippen LogP contribution in [-0.2, 0) is 11.3 Å². The van der Waals surface area contributed by atoms with Crippen LogP contribution < -0.4 is 5.73 Å². The summed E-state index contributed by atoms with van der Waals surface area (Å²) in [7, 11) is 0. The first-order valence-corrected chi connectivity index (χ1v) is 6.63. The van der Waals surface area contributed by atoms with Crippen molar-refractivity contribution in [2.75, 3.05) is 18.9 Å². The first kappa shape index (κ1) is 13.0.